The molecular formula is C23H25N5O5S2. The van der Waals surface area contributed by atoms with Crippen LogP contribution in [0.1, 0.15) is 32.8 Å². The molecule has 2 fully saturated rings. The molecular weight excluding hydrogens is 490 g/mol. The number of nitrogens with zero attached hydrogens (tertiary/aromatic N) is 4. The Morgan fingerprint density at radius 2 is 2.11 bits per heavy atom. The summed E-state index contributed by atoms with van der Waals surface area (Å²) in [5, 5.41) is 2.76. The van der Waals surface area contributed by atoms with Gasteiger partial charge < -0.3 is 15.0 Å². The predicted octanol–water partition coefficient (Wildman–Crippen LogP) is 1.56. The van der Waals surface area contributed by atoms with Crippen molar-refractivity contribution in [3.8, 4) is 0 Å². The van der Waals surface area contributed by atoms with Gasteiger partial charge in [0.15, 0.2) is 0 Å². The summed E-state index contributed by atoms with van der Waals surface area (Å²) in [4.78, 5) is 59.8. The zero-order valence-electron chi connectivity index (χ0n) is 19.5. The Balaban J connectivity index is 1.87. The van der Waals surface area contributed by atoms with Crippen molar-refractivity contribution in [2.75, 3.05) is 24.6 Å². The Hall–Kier alpha value is -3.25. The van der Waals surface area contributed by atoms with Crippen molar-refractivity contribution in [1.29, 1.82) is 0 Å². The summed E-state index contributed by atoms with van der Waals surface area (Å²) in [6.45, 7) is 6.22. The highest BCUT2D eigenvalue weighted by Gasteiger charge is 2.37. The monoisotopic (exact) mass is 515 g/mol. The minimum atomic E-state index is -0.918. The molecule has 0 spiro atoms. The molecule has 4 rings (SSSR count). The molecule has 35 heavy (non-hydrogen) atoms. The standard InChI is InChI=1S/C23H25N5O5S2/c1-4-33-18(29)12-15-20(30)24-8-10-26(15)19-14(21(31)27-9-6-5-7-17(27)25-19)11-16-22(32)28(13(2)3)23(34)35-16/h5-7,9,11,13,15H,4,8,10,12H2,1-3H3,(H,24,30)/b16-11-/t15-/m0/s1. The Bertz CT molecular complexity index is 1300. The van der Waals surface area contributed by atoms with Gasteiger partial charge in [-0.05, 0) is 39.0 Å². The minimum absolute atomic E-state index is 0.136. The highest BCUT2D eigenvalue weighted by molar-refractivity contribution is 8.26. The number of piperazine rings is 1. The maximum Gasteiger partial charge on any atom is 0.308 e. The van der Waals surface area contributed by atoms with Crippen molar-refractivity contribution in [3.63, 3.8) is 0 Å². The highest BCUT2D eigenvalue weighted by Crippen LogP contribution is 2.35. The van der Waals surface area contributed by atoms with Gasteiger partial charge in [0.25, 0.3) is 11.5 Å². The number of carbonyl (C=O) groups is 3. The summed E-state index contributed by atoms with van der Waals surface area (Å²) in [7, 11) is 0. The molecule has 0 saturated carbocycles. The van der Waals surface area contributed by atoms with Crippen LogP contribution in [0.5, 0.6) is 0 Å². The summed E-state index contributed by atoms with van der Waals surface area (Å²) >= 11 is 6.49. The predicted molar refractivity (Wildman–Crippen MR) is 137 cm³/mol. The molecule has 2 aliphatic heterocycles. The number of amides is 2. The molecule has 2 aliphatic rings. The maximum atomic E-state index is 13.6. The summed E-state index contributed by atoms with van der Waals surface area (Å²) < 4.78 is 6.84. The zero-order valence-corrected chi connectivity index (χ0v) is 21.1. The number of rotatable bonds is 6. The van der Waals surface area contributed by atoms with Crippen LogP contribution >= 0.6 is 24.0 Å². The second-order valence-electron chi connectivity index (χ2n) is 8.24. The minimum Gasteiger partial charge on any atom is -0.466 e. The van der Waals surface area contributed by atoms with E-state index in [1.165, 1.54) is 15.4 Å². The van der Waals surface area contributed by atoms with Gasteiger partial charge in [-0.3, -0.25) is 28.5 Å². The lowest BCUT2D eigenvalue weighted by Gasteiger charge is -2.36. The van der Waals surface area contributed by atoms with Crippen LogP contribution < -0.4 is 15.8 Å². The number of hydrogen-bond acceptors (Lipinski definition) is 9. The topological polar surface area (TPSA) is 113 Å². The van der Waals surface area contributed by atoms with Crippen LogP contribution in [0.15, 0.2) is 34.1 Å². The van der Waals surface area contributed by atoms with Crippen molar-refractivity contribution < 1.29 is 19.1 Å². The number of fused-ring (bicyclic) bond motifs is 1. The van der Waals surface area contributed by atoms with Crippen LogP contribution in [-0.4, -0.2) is 68.2 Å². The Kier molecular flexibility index (Phi) is 7.22. The van der Waals surface area contributed by atoms with E-state index in [-0.39, 0.29) is 42.3 Å². The van der Waals surface area contributed by atoms with Crippen LogP contribution in [0, 0.1) is 0 Å². The fourth-order valence-corrected chi connectivity index (χ4v) is 5.55. The van der Waals surface area contributed by atoms with E-state index < -0.39 is 17.6 Å². The van der Waals surface area contributed by atoms with E-state index in [9.17, 15) is 19.2 Å². The molecule has 10 nitrogen and oxygen atoms in total. The molecule has 2 amide bonds. The van der Waals surface area contributed by atoms with Gasteiger partial charge in [-0.2, -0.15) is 0 Å². The first-order chi connectivity index (χ1) is 16.7. The molecule has 0 bridgehead atoms. The second kappa shape index (κ2) is 10.2. The number of anilines is 1. The van der Waals surface area contributed by atoms with Gasteiger partial charge in [-0.15, -0.1) is 0 Å². The third kappa shape index (κ3) is 4.80. The Morgan fingerprint density at radius 1 is 1.34 bits per heavy atom. The Labute approximate surface area is 211 Å². The van der Waals surface area contributed by atoms with Crippen molar-refractivity contribution >= 4 is 63.6 Å². The first-order valence-electron chi connectivity index (χ1n) is 11.2. The van der Waals surface area contributed by atoms with Gasteiger partial charge in [0, 0.05) is 25.3 Å². The molecule has 12 heteroatoms. The van der Waals surface area contributed by atoms with Gasteiger partial charge in [0.2, 0.25) is 5.91 Å². The lowest BCUT2D eigenvalue weighted by atomic mass is 10.1. The Morgan fingerprint density at radius 3 is 2.80 bits per heavy atom. The lowest BCUT2D eigenvalue weighted by Crippen LogP contribution is -2.57. The van der Waals surface area contributed by atoms with Crippen molar-refractivity contribution in [2.45, 2.75) is 39.3 Å². The number of esters is 1. The molecule has 2 aromatic rings. The fourth-order valence-electron chi connectivity index (χ4n) is 4.04. The van der Waals surface area contributed by atoms with Crippen LogP contribution in [0.25, 0.3) is 11.7 Å². The molecule has 4 heterocycles. The first kappa shape index (κ1) is 24.9. The molecule has 2 aromatic heterocycles. The van der Waals surface area contributed by atoms with Crippen molar-refractivity contribution in [3.05, 3.63) is 45.2 Å². The maximum absolute atomic E-state index is 13.6. The highest BCUT2D eigenvalue weighted by atomic mass is 32.2. The quantitative estimate of drug-likeness (QED) is 0.348. The number of aromatic nitrogens is 2. The van der Waals surface area contributed by atoms with E-state index in [0.717, 1.165) is 11.8 Å². The van der Waals surface area contributed by atoms with E-state index >= 15 is 0 Å². The van der Waals surface area contributed by atoms with E-state index in [2.05, 4.69) is 10.3 Å². The van der Waals surface area contributed by atoms with Gasteiger partial charge >= 0.3 is 5.97 Å². The zero-order chi connectivity index (χ0) is 25.3. The number of thiocarbonyl (C=S) groups is 1. The molecule has 0 radical (unpaired) electrons. The summed E-state index contributed by atoms with van der Waals surface area (Å²) in [6, 6.07) is 4.08. The average molecular weight is 516 g/mol. The summed E-state index contributed by atoms with van der Waals surface area (Å²) in [5.41, 5.74) is 0.114. The average Bonchev–Trinajstić information content (AvgIpc) is 3.10. The molecule has 0 aromatic carbocycles. The van der Waals surface area contributed by atoms with Crippen LogP contribution in [0.4, 0.5) is 5.82 Å². The van der Waals surface area contributed by atoms with E-state index in [1.54, 1.807) is 36.2 Å². The smallest absolute Gasteiger partial charge is 0.308 e. The number of hydrogen-bond donors (Lipinski definition) is 1. The molecule has 184 valence electrons. The fraction of sp³-hybridized carbons (Fsp3) is 0.391. The SMILES string of the molecule is CCOC(=O)C[C@H]1C(=O)NCCN1c1nc2ccccn2c(=O)c1/C=C1\SC(=S)N(C(C)C)C1=O. The van der Waals surface area contributed by atoms with Gasteiger partial charge in [0.1, 0.15) is 21.8 Å². The largest absolute Gasteiger partial charge is 0.466 e. The number of nitrogens with one attached hydrogen (secondary N) is 1. The molecule has 2 saturated heterocycles. The molecule has 1 N–H and O–H groups in total. The summed E-state index contributed by atoms with van der Waals surface area (Å²) in [5.74, 6) is -0.967. The third-order valence-corrected chi connectivity index (χ3v) is 6.96. The second-order valence-corrected chi connectivity index (χ2v) is 9.91. The van der Waals surface area contributed by atoms with Gasteiger partial charge in [0.05, 0.1) is 23.5 Å². The van der Waals surface area contributed by atoms with E-state index in [1.807, 2.05) is 13.8 Å². The third-order valence-electron chi connectivity index (χ3n) is 5.63. The first-order valence-corrected chi connectivity index (χ1v) is 12.4. The van der Waals surface area contributed by atoms with E-state index in [4.69, 9.17) is 17.0 Å². The number of pyridine rings is 1. The molecule has 1 atom stereocenters. The van der Waals surface area contributed by atoms with Gasteiger partial charge in [-0.1, -0.05) is 30.0 Å². The number of thioether (sulfide) groups is 1. The van der Waals surface area contributed by atoms with Crippen LogP contribution in [0.2, 0.25) is 0 Å². The lowest BCUT2D eigenvalue weighted by molar-refractivity contribution is -0.145. The van der Waals surface area contributed by atoms with Crippen LogP contribution in [-0.2, 0) is 19.1 Å². The number of ether oxygens (including phenoxy) is 1. The normalized spacial score (nSPS) is 19.7. The van der Waals surface area contributed by atoms with Gasteiger partial charge in [-0.25, -0.2) is 4.98 Å². The molecule has 0 aliphatic carbocycles. The molecule has 0 unspecified atom stereocenters. The van der Waals surface area contributed by atoms with Crippen molar-refractivity contribution in [1.82, 2.24) is 19.6 Å². The number of carbonyl (C=O) groups excluding carboxylic acids is 3. The van der Waals surface area contributed by atoms with E-state index in [0.29, 0.717) is 28.0 Å². The summed E-state index contributed by atoms with van der Waals surface area (Å²) in [6.07, 6.45) is 2.87. The van der Waals surface area contributed by atoms with Crippen LogP contribution in [0.3, 0.4) is 0 Å². The van der Waals surface area contributed by atoms with Crippen molar-refractivity contribution in [2.24, 2.45) is 0 Å².